The summed E-state index contributed by atoms with van der Waals surface area (Å²) in [6.07, 6.45) is 0.680. The molecule has 110 valence electrons. The number of carboxylic acids is 1. The molecule has 1 saturated heterocycles. The van der Waals surface area contributed by atoms with E-state index < -0.39 is 28.2 Å². The number of carboxylic acid groups (broad SMARTS) is 1. The monoisotopic (exact) mass is 294 g/mol. The predicted octanol–water partition coefficient (Wildman–Crippen LogP) is -0.677. The number of carbonyl (C=O) groups is 2. The molecule has 1 heterocycles. The lowest BCUT2D eigenvalue weighted by molar-refractivity contribution is -0.147. The van der Waals surface area contributed by atoms with Crippen molar-refractivity contribution in [3.05, 3.63) is 0 Å². The third-order valence-corrected chi connectivity index (χ3v) is 4.32. The molecule has 0 bridgehead atoms. The van der Waals surface area contributed by atoms with Crippen LogP contribution in [0.2, 0.25) is 0 Å². The van der Waals surface area contributed by atoms with Crippen molar-refractivity contribution in [2.75, 3.05) is 19.7 Å². The molecule has 1 aliphatic rings. The van der Waals surface area contributed by atoms with Gasteiger partial charge < -0.3 is 9.84 Å². The van der Waals surface area contributed by atoms with Crippen molar-refractivity contribution in [1.82, 2.24) is 9.03 Å². The van der Waals surface area contributed by atoms with Gasteiger partial charge in [-0.25, -0.2) is 4.72 Å². The van der Waals surface area contributed by atoms with Crippen molar-refractivity contribution >= 4 is 22.1 Å². The molecule has 0 aromatic rings. The van der Waals surface area contributed by atoms with Gasteiger partial charge in [0.25, 0.3) is 10.2 Å². The number of carbonyl (C=O) groups excluding carboxylic acids is 1. The normalized spacial score (nSPS) is 20.4. The van der Waals surface area contributed by atoms with Gasteiger partial charge in [-0.05, 0) is 19.8 Å². The van der Waals surface area contributed by atoms with Crippen molar-refractivity contribution < 1.29 is 27.9 Å². The summed E-state index contributed by atoms with van der Waals surface area (Å²) in [6.45, 7) is 1.86. The third kappa shape index (κ3) is 4.44. The molecule has 2 N–H and O–H groups in total. The van der Waals surface area contributed by atoms with Crippen molar-refractivity contribution in [1.29, 1.82) is 0 Å². The number of nitrogens with one attached hydrogen (secondary N) is 1. The zero-order chi connectivity index (χ0) is 14.5. The second kappa shape index (κ2) is 6.83. The van der Waals surface area contributed by atoms with Gasteiger partial charge in [-0.3, -0.25) is 9.59 Å². The Morgan fingerprint density at radius 1 is 1.47 bits per heavy atom. The van der Waals surface area contributed by atoms with E-state index in [0.29, 0.717) is 12.8 Å². The summed E-state index contributed by atoms with van der Waals surface area (Å²) < 4.78 is 31.9. The van der Waals surface area contributed by atoms with Crippen LogP contribution in [0.25, 0.3) is 0 Å². The molecule has 0 spiro atoms. The maximum Gasteiger partial charge on any atom is 0.324 e. The smallest absolute Gasteiger partial charge is 0.324 e. The number of hydrogen-bond acceptors (Lipinski definition) is 5. The largest absolute Gasteiger partial charge is 0.481 e. The Hall–Kier alpha value is -1.19. The SMILES string of the molecule is CCOC(=O)C1CCCN1S(=O)(=O)NCCC(=O)O. The van der Waals surface area contributed by atoms with Crippen molar-refractivity contribution in [2.45, 2.75) is 32.2 Å². The third-order valence-electron chi connectivity index (χ3n) is 2.69. The Labute approximate surface area is 111 Å². The fraction of sp³-hybridized carbons (Fsp3) is 0.800. The van der Waals surface area contributed by atoms with Crippen LogP contribution >= 0.6 is 0 Å². The molecule has 0 aromatic carbocycles. The molecule has 9 heteroatoms. The highest BCUT2D eigenvalue weighted by Crippen LogP contribution is 2.21. The first kappa shape index (κ1) is 15.9. The molecule has 0 aromatic heterocycles. The highest BCUT2D eigenvalue weighted by molar-refractivity contribution is 7.87. The molecular weight excluding hydrogens is 276 g/mol. The molecular formula is C10H18N2O6S. The number of hydrogen-bond donors (Lipinski definition) is 2. The Kier molecular flexibility index (Phi) is 5.70. The zero-order valence-electron chi connectivity index (χ0n) is 10.7. The van der Waals surface area contributed by atoms with Crippen LogP contribution in [-0.4, -0.2) is 55.5 Å². The van der Waals surface area contributed by atoms with Gasteiger partial charge in [0.1, 0.15) is 6.04 Å². The van der Waals surface area contributed by atoms with Crippen LogP contribution in [0.15, 0.2) is 0 Å². The Morgan fingerprint density at radius 3 is 2.74 bits per heavy atom. The van der Waals surface area contributed by atoms with Crippen molar-refractivity contribution in [2.24, 2.45) is 0 Å². The van der Waals surface area contributed by atoms with Gasteiger partial charge in [0.15, 0.2) is 0 Å². The highest BCUT2D eigenvalue weighted by atomic mass is 32.2. The predicted molar refractivity (Wildman–Crippen MR) is 65.5 cm³/mol. The van der Waals surface area contributed by atoms with Crippen LogP contribution in [0.5, 0.6) is 0 Å². The van der Waals surface area contributed by atoms with E-state index in [9.17, 15) is 18.0 Å². The molecule has 0 amide bonds. The molecule has 8 nitrogen and oxygen atoms in total. The molecule has 1 atom stereocenters. The van der Waals surface area contributed by atoms with Crippen LogP contribution < -0.4 is 4.72 Å². The van der Waals surface area contributed by atoms with Crippen LogP contribution in [0.4, 0.5) is 0 Å². The second-order valence-corrected chi connectivity index (χ2v) is 5.77. The van der Waals surface area contributed by atoms with E-state index in [2.05, 4.69) is 4.72 Å². The molecule has 0 radical (unpaired) electrons. The first-order chi connectivity index (χ1) is 8.88. The lowest BCUT2D eigenvalue weighted by Gasteiger charge is -2.22. The molecule has 19 heavy (non-hydrogen) atoms. The summed E-state index contributed by atoms with van der Waals surface area (Å²) >= 11 is 0. The average Bonchev–Trinajstić information content (AvgIpc) is 2.78. The fourth-order valence-electron chi connectivity index (χ4n) is 1.87. The lowest BCUT2D eigenvalue weighted by atomic mass is 10.2. The first-order valence-electron chi connectivity index (χ1n) is 6.03. The molecule has 1 unspecified atom stereocenters. The van der Waals surface area contributed by atoms with Gasteiger partial charge in [0.05, 0.1) is 13.0 Å². The van der Waals surface area contributed by atoms with E-state index in [1.165, 1.54) is 0 Å². The summed E-state index contributed by atoms with van der Waals surface area (Å²) in [6, 6.07) is -0.817. The van der Waals surface area contributed by atoms with E-state index in [0.717, 1.165) is 4.31 Å². The van der Waals surface area contributed by atoms with Crippen LogP contribution in [0, 0.1) is 0 Å². The number of ether oxygens (including phenoxy) is 1. The summed E-state index contributed by atoms with van der Waals surface area (Å²) in [4.78, 5) is 22.0. The van der Waals surface area contributed by atoms with Gasteiger partial charge in [-0.2, -0.15) is 12.7 Å². The average molecular weight is 294 g/mol. The maximum absolute atomic E-state index is 11.9. The van der Waals surface area contributed by atoms with Crippen LogP contribution in [0.1, 0.15) is 26.2 Å². The minimum Gasteiger partial charge on any atom is -0.481 e. The quantitative estimate of drug-likeness (QED) is 0.602. The number of nitrogens with zero attached hydrogens (tertiary/aromatic N) is 1. The Balaban J connectivity index is 2.65. The Morgan fingerprint density at radius 2 is 2.16 bits per heavy atom. The van der Waals surface area contributed by atoms with Gasteiger partial charge in [-0.15, -0.1) is 0 Å². The fourth-order valence-corrected chi connectivity index (χ4v) is 3.29. The highest BCUT2D eigenvalue weighted by Gasteiger charge is 2.39. The zero-order valence-corrected chi connectivity index (χ0v) is 11.5. The standard InChI is InChI=1S/C10H18N2O6S/c1-2-18-10(15)8-4-3-7-12(8)19(16,17)11-6-5-9(13)14/h8,11H,2-7H2,1H3,(H,13,14). The van der Waals surface area contributed by atoms with Gasteiger partial charge in [0.2, 0.25) is 0 Å². The van der Waals surface area contributed by atoms with E-state index in [1.54, 1.807) is 6.92 Å². The van der Waals surface area contributed by atoms with E-state index >= 15 is 0 Å². The van der Waals surface area contributed by atoms with E-state index in [4.69, 9.17) is 9.84 Å². The van der Waals surface area contributed by atoms with Crippen LogP contribution in [-0.2, 0) is 24.5 Å². The van der Waals surface area contributed by atoms with Gasteiger partial charge in [-0.1, -0.05) is 0 Å². The van der Waals surface area contributed by atoms with Crippen LogP contribution in [0.3, 0.4) is 0 Å². The first-order valence-corrected chi connectivity index (χ1v) is 7.47. The molecule has 1 aliphatic heterocycles. The lowest BCUT2D eigenvalue weighted by Crippen LogP contribution is -2.47. The maximum atomic E-state index is 11.9. The minimum atomic E-state index is -3.85. The minimum absolute atomic E-state index is 0.190. The summed E-state index contributed by atoms with van der Waals surface area (Å²) in [5.74, 6) is -1.66. The second-order valence-electron chi connectivity index (χ2n) is 4.06. The van der Waals surface area contributed by atoms with E-state index in [1.807, 2.05) is 0 Å². The van der Waals surface area contributed by atoms with Gasteiger partial charge in [0, 0.05) is 13.1 Å². The van der Waals surface area contributed by atoms with Crippen molar-refractivity contribution in [3.63, 3.8) is 0 Å². The Bertz CT molecular complexity index is 435. The molecule has 0 saturated carbocycles. The topological polar surface area (TPSA) is 113 Å². The number of esters is 1. The number of rotatable bonds is 7. The van der Waals surface area contributed by atoms with E-state index in [-0.39, 0.29) is 26.1 Å². The van der Waals surface area contributed by atoms with Crippen molar-refractivity contribution in [3.8, 4) is 0 Å². The van der Waals surface area contributed by atoms with Gasteiger partial charge >= 0.3 is 11.9 Å². The summed E-state index contributed by atoms with van der Waals surface area (Å²) in [5, 5.41) is 8.46. The summed E-state index contributed by atoms with van der Waals surface area (Å²) in [5.41, 5.74) is 0. The molecule has 1 fully saturated rings. The molecule has 0 aliphatic carbocycles. The number of aliphatic carboxylic acids is 1. The summed E-state index contributed by atoms with van der Waals surface area (Å²) in [7, 11) is -3.85. The molecule has 1 rings (SSSR count).